The molecule has 20 heavy (non-hydrogen) atoms. The topological polar surface area (TPSA) is 70.0 Å². The molecule has 0 amide bonds. The van der Waals surface area contributed by atoms with E-state index in [1.165, 1.54) is 4.90 Å². The first-order chi connectivity index (χ1) is 9.19. The fourth-order valence-corrected chi connectivity index (χ4v) is 2.37. The lowest BCUT2D eigenvalue weighted by atomic mass is 10.1. The predicted octanol–water partition coefficient (Wildman–Crippen LogP) is 1.85. The fraction of sp³-hybridized carbons (Fsp3) is 0.500. The number of nitrogens with zero attached hydrogens (tertiary/aromatic N) is 1. The van der Waals surface area contributed by atoms with Gasteiger partial charge in [-0.1, -0.05) is 11.6 Å². The molecular formula is C14H18ClNO4. The monoisotopic (exact) mass is 299 g/mol. The summed E-state index contributed by atoms with van der Waals surface area (Å²) in [5, 5.41) is 20.5. The van der Waals surface area contributed by atoms with Crippen molar-refractivity contribution in [1.29, 1.82) is 0 Å². The molecule has 0 spiro atoms. The predicted molar refractivity (Wildman–Crippen MR) is 75.6 cm³/mol. The van der Waals surface area contributed by atoms with Crippen molar-refractivity contribution in [2.45, 2.75) is 38.7 Å². The van der Waals surface area contributed by atoms with Crippen LogP contribution in [0.15, 0.2) is 18.2 Å². The largest absolute Gasteiger partial charge is 0.459 e. The van der Waals surface area contributed by atoms with Crippen molar-refractivity contribution in [3.05, 3.63) is 28.8 Å². The Morgan fingerprint density at radius 2 is 2.05 bits per heavy atom. The Labute approximate surface area is 122 Å². The minimum Gasteiger partial charge on any atom is -0.459 e. The van der Waals surface area contributed by atoms with Gasteiger partial charge in [0, 0.05) is 16.3 Å². The Morgan fingerprint density at radius 3 is 2.65 bits per heavy atom. The van der Waals surface area contributed by atoms with Gasteiger partial charge in [0.15, 0.2) is 6.23 Å². The van der Waals surface area contributed by atoms with Crippen LogP contribution in [0.1, 0.15) is 32.4 Å². The molecule has 1 aliphatic heterocycles. The lowest BCUT2D eigenvalue weighted by molar-refractivity contribution is -0.153. The van der Waals surface area contributed by atoms with Crippen molar-refractivity contribution in [2.24, 2.45) is 0 Å². The van der Waals surface area contributed by atoms with Gasteiger partial charge in [-0.3, -0.25) is 4.79 Å². The number of anilines is 1. The number of benzene rings is 1. The summed E-state index contributed by atoms with van der Waals surface area (Å²) in [6, 6.07) is 4.90. The van der Waals surface area contributed by atoms with Crippen LogP contribution in [0.25, 0.3) is 0 Å². The second kappa shape index (κ2) is 5.24. The normalized spacial score (nSPS) is 21.8. The summed E-state index contributed by atoms with van der Waals surface area (Å²) >= 11 is 5.87. The number of aliphatic hydroxyl groups excluding tert-OH is 2. The summed E-state index contributed by atoms with van der Waals surface area (Å²) in [4.78, 5) is 13.3. The third-order valence-corrected chi connectivity index (χ3v) is 3.17. The summed E-state index contributed by atoms with van der Waals surface area (Å²) in [6.45, 7) is 5.18. The van der Waals surface area contributed by atoms with Crippen LogP contribution >= 0.6 is 11.6 Å². The van der Waals surface area contributed by atoms with Gasteiger partial charge in [-0.15, -0.1) is 0 Å². The molecule has 2 rings (SSSR count). The molecule has 1 aromatic rings. The van der Waals surface area contributed by atoms with E-state index in [1.54, 1.807) is 39.0 Å². The molecule has 0 saturated carbocycles. The smallest absolute Gasteiger partial charge is 0.326 e. The highest BCUT2D eigenvalue weighted by molar-refractivity contribution is 6.30. The number of fused-ring (bicyclic) bond motifs is 1. The number of halogens is 1. The summed E-state index contributed by atoms with van der Waals surface area (Å²) < 4.78 is 5.22. The molecule has 2 N–H and O–H groups in total. The Balaban J connectivity index is 2.20. The zero-order valence-electron chi connectivity index (χ0n) is 11.6. The van der Waals surface area contributed by atoms with Crippen LogP contribution in [0.3, 0.4) is 0 Å². The van der Waals surface area contributed by atoms with Crippen LogP contribution < -0.4 is 4.90 Å². The van der Waals surface area contributed by atoms with Crippen LogP contribution in [-0.4, -0.2) is 34.6 Å². The third kappa shape index (κ3) is 3.06. The van der Waals surface area contributed by atoms with Gasteiger partial charge < -0.3 is 19.8 Å². The van der Waals surface area contributed by atoms with Crippen LogP contribution in [0.5, 0.6) is 0 Å². The molecule has 110 valence electrons. The van der Waals surface area contributed by atoms with Gasteiger partial charge in [0.1, 0.15) is 18.2 Å². The van der Waals surface area contributed by atoms with Crippen LogP contribution in [0, 0.1) is 0 Å². The minimum atomic E-state index is -1.18. The standard InChI is InChI=1S/C14H18ClNO4/c1-14(2,3)20-11(17)7-16-10-5-4-8(15)6-9(10)12(18)13(16)19/h4-6,12-13,18-19H,7H2,1-3H3. The van der Waals surface area contributed by atoms with Crippen LogP contribution in [0.4, 0.5) is 5.69 Å². The summed E-state index contributed by atoms with van der Waals surface area (Å²) in [5.74, 6) is -0.466. The maximum absolute atomic E-state index is 11.9. The molecule has 5 nitrogen and oxygen atoms in total. The Morgan fingerprint density at radius 1 is 1.40 bits per heavy atom. The summed E-state index contributed by atoms with van der Waals surface area (Å²) in [5.41, 5.74) is 0.497. The number of hydrogen-bond donors (Lipinski definition) is 2. The molecule has 0 saturated heterocycles. The zero-order chi connectivity index (χ0) is 15.1. The van der Waals surface area contributed by atoms with E-state index in [1.807, 2.05) is 0 Å². The fourth-order valence-electron chi connectivity index (χ4n) is 2.19. The van der Waals surface area contributed by atoms with Gasteiger partial charge in [0.25, 0.3) is 0 Å². The van der Waals surface area contributed by atoms with E-state index < -0.39 is 23.9 Å². The average molecular weight is 300 g/mol. The van der Waals surface area contributed by atoms with Gasteiger partial charge in [-0.05, 0) is 39.0 Å². The van der Waals surface area contributed by atoms with Crippen molar-refractivity contribution < 1.29 is 19.7 Å². The van der Waals surface area contributed by atoms with E-state index >= 15 is 0 Å². The Hall–Kier alpha value is -1.30. The second-order valence-corrected chi connectivity index (χ2v) is 6.21. The summed E-state index contributed by atoms with van der Waals surface area (Å²) in [6.07, 6.45) is -2.28. The van der Waals surface area contributed by atoms with Crippen molar-refractivity contribution >= 4 is 23.3 Å². The molecule has 2 atom stereocenters. The maximum atomic E-state index is 11.9. The van der Waals surface area contributed by atoms with E-state index in [9.17, 15) is 15.0 Å². The second-order valence-electron chi connectivity index (χ2n) is 5.78. The van der Waals surface area contributed by atoms with Crippen molar-refractivity contribution in [3.63, 3.8) is 0 Å². The molecule has 1 heterocycles. The molecule has 0 radical (unpaired) electrons. The number of carbonyl (C=O) groups is 1. The molecular weight excluding hydrogens is 282 g/mol. The first-order valence-electron chi connectivity index (χ1n) is 6.33. The van der Waals surface area contributed by atoms with Gasteiger partial charge in [-0.2, -0.15) is 0 Å². The van der Waals surface area contributed by atoms with Gasteiger partial charge >= 0.3 is 5.97 Å². The van der Waals surface area contributed by atoms with Gasteiger partial charge in [-0.25, -0.2) is 0 Å². The lowest BCUT2D eigenvalue weighted by Gasteiger charge is -2.26. The van der Waals surface area contributed by atoms with E-state index in [0.717, 1.165) is 0 Å². The van der Waals surface area contributed by atoms with Crippen molar-refractivity contribution in [2.75, 3.05) is 11.4 Å². The number of aliphatic hydroxyl groups is 2. The van der Waals surface area contributed by atoms with Crippen molar-refractivity contribution in [3.8, 4) is 0 Å². The molecule has 1 aliphatic rings. The number of carbonyl (C=O) groups excluding carboxylic acids is 1. The molecule has 6 heteroatoms. The highest BCUT2D eigenvalue weighted by atomic mass is 35.5. The van der Waals surface area contributed by atoms with E-state index in [-0.39, 0.29) is 6.54 Å². The average Bonchev–Trinajstić information content (AvgIpc) is 2.52. The van der Waals surface area contributed by atoms with Crippen LogP contribution in [0.2, 0.25) is 5.02 Å². The molecule has 1 aromatic carbocycles. The molecule has 0 aliphatic carbocycles. The van der Waals surface area contributed by atoms with E-state index in [2.05, 4.69) is 0 Å². The quantitative estimate of drug-likeness (QED) is 0.816. The van der Waals surface area contributed by atoms with Crippen molar-refractivity contribution in [1.82, 2.24) is 0 Å². The first kappa shape index (κ1) is 15.1. The maximum Gasteiger partial charge on any atom is 0.326 e. The van der Waals surface area contributed by atoms with Crippen LogP contribution in [-0.2, 0) is 9.53 Å². The number of esters is 1. The number of hydrogen-bond acceptors (Lipinski definition) is 5. The van der Waals surface area contributed by atoms with E-state index in [4.69, 9.17) is 16.3 Å². The lowest BCUT2D eigenvalue weighted by Crippen LogP contribution is -2.40. The Kier molecular flexibility index (Phi) is 3.95. The molecule has 2 unspecified atom stereocenters. The first-order valence-corrected chi connectivity index (χ1v) is 6.71. The zero-order valence-corrected chi connectivity index (χ0v) is 12.4. The van der Waals surface area contributed by atoms with Gasteiger partial charge in [0.2, 0.25) is 0 Å². The highest BCUT2D eigenvalue weighted by Gasteiger charge is 2.37. The van der Waals surface area contributed by atoms with Gasteiger partial charge in [0.05, 0.1) is 0 Å². The highest BCUT2D eigenvalue weighted by Crippen LogP contribution is 2.39. The molecule has 0 aromatic heterocycles. The summed E-state index contributed by atoms with van der Waals surface area (Å²) in [7, 11) is 0. The molecule has 0 fully saturated rings. The minimum absolute atomic E-state index is 0.135. The number of ether oxygens (including phenoxy) is 1. The third-order valence-electron chi connectivity index (χ3n) is 2.94. The van der Waals surface area contributed by atoms with E-state index in [0.29, 0.717) is 16.3 Å². The number of rotatable bonds is 2. The SMILES string of the molecule is CC(C)(C)OC(=O)CN1c2ccc(Cl)cc2C(O)C1O. The Bertz CT molecular complexity index is 526. The molecule has 0 bridgehead atoms.